The molecule has 1 aromatic heterocycles. The molecule has 0 aliphatic carbocycles. The van der Waals surface area contributed by atoms with E-state index in [1.807, 2.05) is 30.3 Å². The van der Waals surface area contributed by atoms with Crippen LogP contribution in [-0.2, 0) is 19.9 Å². The quantitative estimate of drug-likeness (QED) is 0.591. The Morgan fingerprint density at radius 3 is 2.27 bits per heavy atom. The van der Waals surface area contributed by atoms with Gasteiger partial charge in [0.25, 0.3) is 0 Å². The fraction of sp³-hybridized carbons (Fsp3) is 0.300. The lowest BCUT2D eigenvalue weighted by atomic mass is 9.98. The van der Waals surface area contributed by atoms with Gasteiger partial charge in [0.05, 0.1) is 9.79 Å². The zero-order valence-electron chi connectivity index (χ0n) is 16.3. The molecule has 0 N–H and O–H groups in total. The molecule has 30 heavy (non-hydrogen) atoms. The van der Waals surface area contributed by atoms with Crippen LogP contribution in [0.4, 0.5) is 0 Å². The van der Waals surface area contributed by atoms with Crippen LogP contribution in [0, 0.1) is 0 Å². The van der Waals surface area contributed by atoms with Crippen molar-refractivity contribution in [3.8, 4) is 11.4 Å². The topological polar surface area (TPSA) is 110 Å². The van der Waals surface area contributed by atoms with Gasteiger partial charge in [0, 0.05) is 30.8 Å². The van der Waals surface area contributed by atoms with Crippen molar-refractivity contribution < 1.29 is 21.4 Å². The van der Waals surface area contributed by atoms with E-state index >= 15 is 0 Å². The predicted octanol–water partition coefficient (Wildman–Crippen LogP) is 2.71. The minimum atomic E-state index is -3.79. The largest absolute Gasteiger partial charge is 0.339 e. The summed E-state index contributed by atoms with van der Waals surface area (Å²) in [6.45, 7) is 0.582. The van der Waals surface area contributed by atoms with Crippen LogP contribution in [0.25, 0.3) is 11.4 Å². The molecule has 1 aliphatic heterocycles. The van der Waals surface area contributed by atoms with Crippen LogP contribution in [0.1, 0.15) is 24.7 Å². The van der Waals surface area contributed by atoms with Crippen molar-refractivity contribution in [3.05, 3.63) is 60.5 Å². The summed E-state index contributed by atoms with van der Waals surface area (Å²) in [6.07, 6.45) is 2.14. The summed E-state index contributed by atoms with van der Waals surface area (Å²) in [5, 5.41) is 4.03. The van der Waals surface area contributed by atoms with Gasteiger partial charge in [-0.25, -0.2) is 16.8 Å². The zero-order valence-corrected chi connectivity index (χ0v) is 17.9. The Kier molecular flexibility index (Phi) is 5.48. The Bertz CT molecular complexity index is 1250. The number of piperidine rings is 1. The maximum absolute atomic E-state index is 13.0. The number of sulfone groups is 1. The molecule has 1 fully saturated rings. The van der Waals surface area contributed by atoms with Crippen molar-refractivity contribution >= 4 is 19.9 Å². The molecule has 158 valence electrons. The van der Waals surface area contributed by atoms with E-state index in [0.29, 0.717) is 37.6 Å². The molecule has 2 aromatic carbocycles. The third-order valence-corrected chi connectivity index (χ3v) is 8.15. The van der Waals surface area contributed by atoms with Gasteiger partial charge in [0.2, 0.25) is 21.7 Å². The van der Waals surface area contributed by atoms with Crippen molar-refractivity contribution in [1.29, 1.82) is 0 Å². The lowest BCUT2D eigenvalue weighted by molar-refractivity contribution is 0.270. The van der Waals surface area contributed by atoms with Gasteiger partial charge in [-0.3, -0.25) is 0 Å². The van der Waals surface area contributed by atoms with Gasteiger partial charge in [0.15, 0.2) is 9.84 Å². The highest BCUT2D eigenvalue weighted by Crippen LogP contribution is 2.31. The molecule has 0 radical (unpaired) electrons. The second kappa shape index (κ2) is 7.93. The van der Waals surface area contributed by atoms with E-state index in [1.165, 1.54) is 28.6 Å². The number of sulfonamides is 1. The molecule has 2 heterocycles. The SMILES string of the molecule is CS(=O)(=O)c1cccc(S(=O)(=O)N2CCC(c3nc(-c4ccccc4)no3)CC2)c1. The van der Waals surface area contributed by atoms with E-state index in [9.17, 15) is 16.8 Å². The second-order valence-electron chi connectivity index (χ2n) is 7.25. The highest BCUT2D eigenvalue weighted by atomic mass is 32.2. The summed E-state index contributed by atoms with van der Waals surface area (Å²) in [5.74, 6) is 0.993. The lowest BCUT2D eigenvalue weighted by Crippen LogP contribution is -2.38. The normalized spacial score (nSPS) is 16.6. The van der Waals surface area contributed by atoms with E-state index in [1.54, 1.807) is 0 Å². The van der Waals surface area contributed by atoms with Gasteiger partial charge in [-0.2, -0.15) is 9.29 Å². The first-order valence-electron chi connectivity index (χ1n) is 9.44. The molecule has 0 bridgehead atoms. The van der Waals surface area contributed by atoms with Crippen molar-refractivity contribution in [2.24, 2.45) is 0 Å². The maximum atomic E-state index is 13.0. The highest BCUT2D eigenvalue weighted by Gasteiger charge is 2.32. The van der Waals surface area contributed by atoms with Gasteiger partial charge < -0.3 is 4.52 Å². The fourth-order valence-electron chi connectivity index (χ4n) is 3.46. The Balaban J connectivity index is 1.48. The van der Waals surface area contributed by atoms with Crippen molar-refractivity contribution in [1.82, 2.24) is 14.4 Å². The monoisotopic (exact) mass is 447 g/mol. The third kappa shape index (κ3) is 4.16. The minimum absolute atomic E-state index is 0.0160. The van der Waals surface area contributed by atoms with E-state index in [4.69, 9.17) is 4.52 Å². The highest BCUT2D eigenvalue weighted by molar-refractivity contribution is 7.91. The molecule has 4 rings (SSSR count). The molecule has 1 saturated heterocycles. The van der Waals surface area contributed by atoms with Gasteiger partial charge in [-0.1, -0.05) is 41.6 Å². The number of rotatable bonds is 5. The third-order valence-electron chi connectivity index (χ3n) is 5.15. The van der Waals surface area contributed by atoms with Gasteiger partial charge in [0.1, 0.15) is 0 Å². The molecule has 0 atom stereocenters. The first kappa shape index (κ1) is 20.7. The van der Waals surface area contributed by atoms with Crippen LogP contribution in [0.15, 0.2) is 68.9 Å². The van der Waals surface area contributed by atoms with Crippen molar-refractivity contribution in [2.75, 3.05) is 19.3 Å². The van der Waals surface area contributed by atoms with Gasteiger partial charge in [-0.05, 0) is 31.0 Å². The first-order chi connectivity index (χ1) is 14.2. The molecule has 0 saturated carbocycles. The van der Waals surface area contributed by atoms with Gasteiger partial charge >= 0.3 is 0 Å². The summed E-state index contributed by atoms with van der Waals surface area (Å²) in [7, 11) is -7.28. The van der Waals surface area contributed by atoms with Gasteiger partial charge in [-0.15, -0.1) is 0 Å². The predicted molar refractivity (Wildman–Crippen MR) is 110 cm³/mol. The number of hydrogen-bond acceptors (Lipinski definition) is 7. The Morgan fingerprint density at radius 1 is 0.933 bits per heavy atom. The van der Waals surface area contributed by atoms with Crippen LogP contribution in [0.3, 0.4) is 0 Å². The molecule has 8 nitrogen and oxygen atoms in total. The van der Waals surface area contributed by atoms with E-state index in [2.05, 4.69) is 10.1 Å². The Labute approximate surface area is 175 Å². The molecule has 0 spiro atoms. The van der Waals surface area contributed by atoms with Crippen LogP contribution >= 0.6 is 0 Å². The fourth-order valence-corrected chi connectivity index (χ4v) is 5.72. The summed E-state index contributed by atoms with van der Waals surface area (Å²) in [6, 6.07) is 15.0. The van der Waals surface area contributed by atoms with E-state index < -0.39 is 19.9 Å². The zero-order chi connectivity index (χ0) is 21.4. The van der Waals surface area contributed by atoms with Crippen molar-refractivity contribution in [3.63, 3.8) is 0 Å². The Hall–Kier alpha value is -2.56. The van der Waals surface area contributed by atoms with Crippen LogP contribution in [-0.4, -0.2) is 50.6 Å². The summed E-state index contributed by atoms with van der Waals surface area (Å²) in [5.41, 5.74) is 0.860. The maximum Gasteiger partial charge on any atom is 0.243 e. The molecule has 0 amide bonds. The summed E-state index contributed by atoms with van der Waals surface area (Å²) in [4.78, 5) is 4.44. The molecule has 10 heteroatoms. The van der Waals surface area contributed by atoms with Crippen molar-refractivity contribution in [2.45, 2.75) is 28.6 Å². The smallest absolute Gasteiger partial charge is 0.243 e. The standard InChI is InChI=1S/C20H21N3O5S2/c1-29(24,25)17-8-5-9-18(14-17)30(26,27)23-12-10-16(11-13-23)20-21-19(22-28-20)15-6-3-2-4-7-15/h2-9,14,16H,10-13H2,1H3. The second-order valence-corrected chi connectivity index (χ2v) is 11.2. The molecule has 1 aliphatic rings. The lowest BCUT2D eigenvalue weighted by Gasteiger charge is -2.29. The first-order valence-corrected chi connectivity index (χ1v) is 12.8. The average Bonchev–Trinajstić information content (AvgIpc) is 3.24. The van der Waals surface area contributed by atoms with Crippen LogP contribution < -0.4 is 0 Å². The van der Waals surface area contributed by atoms with Crippen LogP contribution in [0.5, 0.6) is 0 Å². The molecular formula is C20H21N3O5S2. The van der Waals surface area contributed by atoms with E-state index in [0.717, 1.165) is 11.8 Å². The number of benzene rings is 2. The molecule has 3 aromatic rings. The summed E-state index contributed by atoms with van der Waals surface area (Å²) < 4.78 is 56.3. The average molecular weight is 448 g/mol. The van der Waals surface area contributed by atoms with Crippen LogP contribution in [0.2, 0.25) is 0 Å². The number of hydrogen-bond donors (Lipinski definition) is 0. The van der Waals surface area contributed by atoms with E-state index in [-0.39, 0.29) is 15.7 Å². The molecular weight excluding hydrogens is 426 g/mol. The molecule has 0 unspecified atom stereocenters. The minimum Gasteiger partial charge on any atom is -0.339 e. The summed E-state index contributed by atoms with van der Waals surface area (Å²) >= 11 is 0. The Morgan fingerprint density at radius 2 is 1.60 bits per heavy atom. The number of aromatic nitrogens is 2. The number of nitrogens with zero attached hydrogens (tertiary/aromatic N) is 3.